The van der Waals surface area contributed by atoms with Crippen molar-refractivity contribution < 1.29 is 23.1 Å². The zero-order valence-electron chi connectivity index (χ0n) is 7.38. The van der Waals surface area contributed by atoms with Crippen molar-refractivity contribution >= 4 is 6.09 Å². The minimum atomic E-state index is -4.22. The number of halogens is 3. The number of carbonyl (C=O) groups is 1. The van der Waals surface area contributed by atoms with Crippen LogP contribution in [0.1, 0.15) is 0 Å². The third-order valence-corrected chi connectivity index (χ3v) is 2.03. The predicted octanol–water partition coefficient (Wildman–Crippen LogP) is -0.490. The van der Waals surface area contributed by atoms with Gasteiger partial charge in [-0.3, -0.25) is 4.90 Å². The van der Waals surface area contributed by atoms with Crippen LogP contribution >= 0.6 is 0 Å². The molecule has 1 rings (SSSR count). The van der Waals surface area contributed by atoms with E-state index in [2.05, 4.69) is 0 Å². The maximum atomic E-state index is 11.9. The van der Waals surface area contributed by atoms with E-state index >= 15 is 0 Å². The van der Waals surface area contributed by atoms with Crippen molar-refractivity contribution in [3.63, 3.8) is 0 Å². The van der Waals surface area contributed by atoms with Gasteiger partial charge in [-0.15, -0.1) is 0 Å². The molecule has 0 atom stereocenters. The molecule has 0 radical (unpaired) electrons. The molecule has 0 aromatic rings. The molecule has 0 unspecified atom stereocenters. The zero-order chi connectivity index (χ0) is 10.8. The maximum absolute atomic E-state index is 11.9. The van der Waals surface area contributed by atoms with Gasteiger partial charge in [0, 0.05) is 26.2 Å². The molecule has 82 valence electrons. The fraction of sp³-hybridized carbons (Fsp3) is 0.857. The quantitative estimate of drug-likeness (QED) is 0.588. The van der Waals surface area contributed by atoms with Gasteiger partial charge in [0.2, 0.25) is 0 Å². The monoisotopic (exact) mass is 211 g/mol. The molecule has 4 nitrogen and oxygen atoms in total. The summed E-state index contributed by atoms with van der Waals surface area (Å²) in [5.74, 6) is 0. The molecular weight excluding hydrogens is 201 g/mol. The van der Waals surface area contributed by atoms with Crippen molar-refractivity contribution in [1.29, 1.82) is 0 Å². The SMILES string of the molecule is O=C([O-])N1CCN(CC(F)(F)F)CC1. The number of carbonyl (C=O) groups excluding carboxylic acids is 1. The molecule has 0 aromatic carbocycles. The van der Waals surface area contributed by atoms with Crippen LogP contribution in [0.5, 0.6) is 0 Å². The van der Waals surface area contributed by atoms with Gasteiger partial charge in [0.1, 0.15) is 6.09 Å². The summed E-state index contributed by atoms with van der Waals surface area (Å²) in [6.07, 6.45) is -5.54. The highest BCUT2D eigenvalue weighted by Gasteiger charge is 2.31. The van der Waals surface area contributed by atoms with E-state index in [0.29, 0.717) is 0 Å². The van der Waals surface area contributed by atoms with Crippen molar-refractivity contribution in [2.24, 2.45) is 0 Å². The average Bonchev–Trinajstić information content (AvgIpc) is 2.02. The minimum absolute atomic E-state index is 0.0818. The van der Waals surface area contributed by atoms with Crippen LogP contribution in [0.15, 0.2) is 0 Å². The Bertz CT molecular complexity index is 211. The van der Waals surface area contributed by atoms with Gasteiger partial charge in [0.25, 0.3) is 0 Å². The summed E-state index contributed by atoms with van der Waals surface area (Å²) in [6, 6.07) is 0. The Morgan fingerprint density at radius 1 is 1.21 bits per heavy atom. The van der Waals surface area contributed by atoms with Gasteiger partial charge in [-0.05, 0) is 0 Å². The molecule has 0 aromatic heterocycles. The van der Waals surface area contributed by atoms with E-state index in [-0.39, 0.29) is 26.2 Å². The molecule has 1 saturated heterocycles. The normalized spacial score (nSPS) is 19.8. The molecule has 0 bridgehead atoms. The standard InChI is InChI=1S/C7H11F3N2O2/c8-7(9,10)5-11-1-3-12(4-2-11)6(13)14/h1-5H2,(H,13,14)/p-1. The van der Waals surface area contributed by atoms with E-state index in [1.165, 1.54) is 4.90 Å². The topological polar surface area (TPSA) is 46.6 Å². The lowest BCUT2D eigenvalue weighted by molar-refractivity contribution is -0.267. The molecule has 1 aliphatic rings. The van der Waals surface area contributed by atoms with Crippen molar-refractivity contribution in [3.8, 4) is 0 Å². The number of hydrogen-bond donors (Lipinski definition) is 0. The number of rotatable bonds is 1. The lowest BCUT2D eigenvalue weighted by Gasteiger charge is -2.36. The third-order valence-electron chi connectivity index (χ3n) is 2.03. The van der Waals surface area contributed by atoms with Crippen LogP contribution in [0.25, 0.3) is 0 Å². The zero-order valence-corrected chi connectivity index (χ0v) is 7.38. The molecule has 1 heterocycles. The van der Waals surface area contributed by atoms with Gasteiger partial charge < -0.3 is 14.8 Å². The summed E-state index contributed by atoms with van der Waals surface area (Å²) in [6.45, 7) is -0.605. The van der Waals surface area contributed by atoms with Crippen LogP contribution < -0.4 is 5.11 Å². The summed E-state index contributed by atoms with van der Waals surface area (Å²) < 4.78 is 35.7. The summed E-state index contributed by atoms with van der Waals surface area (Å²) in [5.41, 5.74) is 0. The lowest BCUT2D eigenvalue weighted by Crippen LogP contribution is -2.54. The highest BCUT2D eigenvalue weighted by atomic mass is 19.4. The van der Waals surface area contributed by atoms with Gasteiger partial charge in [0.15, 0.2) is 0 Å². The molecule has 1 fully saturated rings. The first-order chi connectivity index (χ1) is 6.38. The highest BCUT2D eigenvalue weighted by Crippen LogP contribution is 2.17. The van der Waals surface area contributed by atoms with Crippen molar-refractivity contribution in [2.75, 3.05) is 32.7 Å². The Morgan fingerprint density at radius 3 is 2.07 bits per heavy atom. The number of hydrogen-bond acceptors (Lipinski definition) is 3. The Morgan fingerprint density at radius 2 is 1.71 bits per heavy atom. The second-order valence-electron chi connectivity index (χ2n) is 3.14. The maximum Gasteiger partial charge on any atom is 0.401 e. The van der Waals surface area contributed by atoms with Crippen molar-refractivity contribution in [3.05, 3.63) is 0 Å². The fourth-order valence-electron chi connectivity index (χ4n) is 1.34. The van der Waals surface area contributed by atoms with Crippen LogP contribution in [0.3, 0.4) is 0 Å². The molecule has 0 N–H and O–H groups in total. The lowest BCUT2D eigenvalue weighted by atomic mass is 10.3. The van der Waals surface area contributed by atoms with E-state index in [9.17, 15) is 23.1 Å². The summed E-state index contributed by atoms with van der Waals surface area (Å²) >= 11 is 0. The van der Waals surface area contributed by atoms with Crippen LogP contribution in [0.2, 0.25) is 0 Å². The smallest absolute Gasteiger partial charge is 0.401 e. The van der Waals surface area contributed by atoms with Gasteiger partial charge in [-0.2, -0.15) is 13.2 Å². The van der Waals surface area contributed by atoms with Gasteiger partial charge >= 0.3 is 6.18 Å². The molecule has 0 saturated carbocycles. The molecule has 0 spiro atoms. The summed E-state index contributed by atoms with van der Waals surface area (Å²) in [4.78, 5) is 12.5. The van der Waals surface area contributed by atoms with Gasteiger partial charge in [-0.1, -0.05) is 0 Å². The van der Waals surface area contributed by atoms with Crippen LogP contribution in [-0.4, -0.2) is 54.8 Å². The summed E-state index contributed by atoms with van der Waals surface area (Å²) in [5, 5.41) is 10.3. The van der Waals surface area contributed by atoms with Crippen molar-refractivity contribution in [2.45, 2.75) is 6.18 Å². The number of nitrogens with zero attached hydrogens (tertiary/aromatic N) is 2. The second kappa shape index (κ2) is 4.04. The van der Waals surface area contributed by atoms with Gasteiger partial charge in [0.05, 0.1) is 6.54 Å². The molecule has 1 aliphatic heterocycles. The molecule has 7 heteroatoms. The van der Waals surface area contributed by atoms with E-state index in [4.69, 9.17) is 0 Å². The van der Waals surface area contributed by atoms with Crippen LogP contribution in [0, 0.1) is 0 Å². The van der Waals surface area contributed by atoms with Crippen molar-refractivity contribution in [1.82, 2.24) is 9.80 Å². The predicted molar refractivity (Wildman–Crippen MR) is 39.5 cm³/mol. The van der Waals surface area contributed by atoms with E-state index < -0.39 is 18.8 Å². The van der Waals surface area contributed by atoms with E-state index in [1.54, 1.807) is 0 Å². The Balaban J connectivity index is 2.33. The fourth-order valence-corrected chi connectivity index (χ4v) is 1.34. The van der Waals surface area contributed by atoms with Crippen LogP contribution in [0.4, 0.5) is 18.0 Å². The summed E-state index contributed by atoms with van der Waals surface area (Å²) in [7, 11) is 0. The number of carboxylic acid groups (broad SMARTS) is 1. The van der Waals surface area contributed by atoms with Gasteiger partial charge in [-0.25, -0.2) is 0 Å². The first kappa shape index (κ1) is 11.1. The Hall–Kier alpha value is -0.980. The molecule has 14 heavy (non-hydrogen) atoms. The molecule has 1 amide bonds. The Labute approximate surface area is 78.9 Å². The van der Waals surface area contributed by atoms with E-state index in [1.807, 2.05) is 0 Å². The number of amides is 1. The first-order valence-electron chi connectivity index (χ1n) is 4.13. The average molecular weight is 211 g/mol. The number of piperazine rings is 1. The minimum Gasteiger partial charge on any atom is -0.530 e. The third kappa shape index (κ3) is 3.41. The van der Waals surface area contributed by atoms with E-state index in [0.717, 1.165) is 4.90 Å². The molecule has 0 aliphatic carbocycles. The first-order valence-corrected chi connectivity index (χ1v) is 4.13. The second-order valence-corrected chi connectivity index (χ2v) is 3.14. The van der Waals surface area contributed by atoms with Crippen LogP contribution in [-0.2, 0) is 0 Å². The molecular formula is C7H10F3N2O2-. The largest absolute Gasteiger partial charge is 0.530 e. The highest BCUT2D eigenvalue weighted by molar-refractivity contribution is 5.62. The Kier molecular flexibility index (Phi) is 3.20. The number of alkyl halides is 3.